The molecule has 1 aromatic rings. The molecule has 0 unspecified atom stereocenters. The Labute approximate surface area is 109 Å². The zero-order valence-corrected chi connectivity index (χ0v) is 11.4. The molecule has 0 atom stereocenters. The van der Waals surface area contributed by atoms with Crippen molar-refractivity contribution in [2.45, 2.75) is 76.3 Å². The Morgan fingerprint density at radius 2 is 1.72 bits per heavy atom. The lowest BCUT2D eigenvalue weighted by Crippen LogP contribution is -2.37. The third-order valence-corrected chi connectivity index (χ3v) is 4.75. The molecule has 1 heterocycles. The molecule has 0 saturated heterocycles. The number of hydrogen-bond donors (Lipinski definition) is 1. The second-order valence-corrected chi connectivity index (χ2v) is 6.10. The normalized spacial score (nSPS) is 24.6. The molecule has 2 fully saturated rings. The van der Waals surface area contributed by atoms with Crippen LogP contribution in [0.5, 0.6) is 0 Å². The molecule has 2 aliphatic rings. The van der Waals surface area contributed by atoms with Crippen LogP contribution < -0.4 is 5.73 Å². The highest BCUT2D eigenvalue weighted by molar-refractivity contribution is 5.12. The van der Waals surface area contributed by atoms with E-state index in [0.29, 0.717) is 6.04 Å². The SMILES string of the molecule is Cc1nnc(C2(N)CCCC2)n1C1CCCCC1. The summed E-state index contributed by atoms with van der Waals surface area (Å²) in [5.41, 5.74) is 6.37. The smallest absolute Gasteiger partial charge is 0.153 e. The maximum absolute atomic E-state index is 6.58. The Hall–Kier alpha value is -0.900. The molecule has 2 N–H and O–H groups in total. The summed E-state index contributed by atoms with van der Waals surface area (Å²) in [6.45, 7) is 2.07. The Balaban J connectivity index is 1.95. The highest BCUT2D eigenvalue weighted by Crippen LogP contribution is 2.38. The summed E-state index contributed by atoms with van der Waals surface area (Å²) >= 11 is 0. The van der Waals surface area contributed by atoms with Crippen molar-refractivity contribution in [2.75, 3.05) is 0 Å². The van der Waals surface area contributed by atoms with Crippen LogP contribution in [0.25, 0.3) is 0 Å². The van der Waals surface area contributed by atoms with Crippen LogP contribution in [0.1, 0.15) is 75.5 Å². The number of nitrogens with two attached hydrogens (primary N) is 1. The molecule has 2 saturated carbocycles. The van der Waals surface area contributed by atoms with Gasteiger partial charge >= 0.3 is 0 Å². The average Bonchev–Trinajstić information content (AvgIpc) is 2.98. The van der Waals surface area contributed by atoms with Crippen LogP contribution in [0.3, 0.4) is 0 Å². The van der Waals surface area contributed by atoms with Crippen molar-refractivity contribution in [3.63, 3.8) is 0 Å². The molecular weight excluding hydrogens is 224 g/mol. The molecule has 2 aliphatic carbocycles. The molecule has 0 spiro atoms. The third-order valence-electron chi connectivity index (χ3n) is 4.75. The van der Waals surface area contributed by atoms with Crippen LogP contribution in [-0.4, -0.2) is 14.8 Å². The average molecular weight is 248 g/mol. The fourth-order valence-corrected chi connectivity index (χ4v) is 3.71. The summed E-state index contributed by atoms with van der Waals surface area (Å²) in [4.78, 5) is 0. The van der Waals surface area contributed by atoms with Crippen molar-refractivity contribution in [1.29, 1.82) is 0 Å². The molecule has 100 valence electrons. The maximum Gasteiger partial charge on any atom is 0.153 e. The van der Waals surface area contributed by atoms with Gasteiger partial charge in [0.2, 0.25) is 0 Å². The summed E-state index contributed by atoms with van der Waals surface area (Å²) in [7, 11) is 0. The maximum atomic E-state index is 6.58. The molecule has 18 heavy (non-hydrogen) atoms. The topological polar surface area (TPSA) is 56.7 Å². The molecule has 0 bridgehead atoms. The van der Waals surface area contributed by atoms with Gasteiger partial charge in [-0.3, -0.25) is 0 Å². The van der Waals surface area contributed by atoms with Gasteiger partial charge in [-0.25, -0.2) is 0 Å². The van der Waals surface area contributed by atoms with Gasteiger partial charge in [0.15, 0.2) is 5.82 Å². The number of rotatable bonds is 2. The minimum Gasteiger partial charge on any atom is -0.319 e. The second-order valence-electron chi connectivity index (χ2n) is 6.10. The molecule has 0 amide bonds. The van der Waals surface area contributed by atoms with Gasteiger partial charge in [0.1, 0.15) is 5.82 Å². The van der Waals surface area contributed by atoms with Gasteiger partial charge in [-0.2, -0.15) is 0 Å². The minimum atomic E-state index is -0.210. The molecule has 0 aliphatic heterocycles. The Morgan fingerprint density at radius 1 is 1.06 bits per heavy atom. The minimum absolute atomic E-state index is 0.210. The second kappa shape index (κ2) is 4.65. The summed E-state index contributed by atoms with van der Waals surface area (Å²) < 4.78 is 2.37. The van der Waals surface area contributed by atoms with Crippen molar-refractivity contribution < 1.29 is 0 Å². The van der Waals surface area contributed by atoms with E-state index in [4.69, 9.17) is 5.73 Å². The van der Waals surface area contributed by atoms with Crippen LogP contribution in [0.4, 0.5) is 0 Å². The van der Waals surface area contributed by atoms with Crippen molar-refractivity contribution in [3.05, 3.63) is 11.6 Å². The van der Waals surface area contributed by atoms with E-state index in [-0.39, 0.29) is 5.54 Å². The Morgan fingerprint density at radius 3 is 2.39 bits per heavy atom. The van der Waals surface area contributed by atoms with Crippen molar-refractivity contribution in [3.8, 4) is 0 Å². The van der Waals surface area contributed by atoms with E-state index in [1.54, 1.807) is 0 Å². The molecular formula is C14H24N4. The van der Waals surface area contributed by atoms with E-state index in [9.17, 15) is 0 Å². The van der Waals surface area contributed by atoms with E-state index in [2.05, 4.69) is 21.7 Å². The zero-order chi connectivity index (χ0) is 12.6. The van der Waals surface area contributed by atoms with E-state index < -0.39 is 0 Å². The standard InChI is InChI=1S/C14H24N4/c1-11-16-17-13(14(15)9-5-6-10-14)18(11)12-7-3-2-4-8-12/h12H,2-10,15H2,1H3. The predicted octanol–water partition coefficient (Wildman–Crippen LogP) is 2.82. The molecule has 3 rings (SSSR count). The molecule has 4 heteroatoms. The number of nitrogens with zero attached hydrogens (tertiary/aromatic N) is 3. The summed E-state index contributed by atoms with van der Waals surface area (Å²) in [6.07, 6.45) is 11.2. The Kier molecular flexibility index (Phi) is 3.14. The first-order valence-electron chi connectivity index (χ1n) is 7.41. The van der Waals surface area contributed by atoms with E-state index in [1.807, 2.05) is 0 Å². The van der Waals surface area contributed by atoms with E-state index >= 15 is 0 Å². The van der Waals surface area contributed by atoms with Crippen LogP contribution in [-0.2, 0) is 5.54 Å². The molecule has 1 aromatic heterocycles. The Bertz CT molecular complexity index is 411. The van der Waals surface area contributed by atoms with Gasteiger partial charge in [-0.05, 0) is 32.6 Å². The van der Waals surface area contributed by atoms with Crippen molar-refractivity contribution in [2.24, 2.45) is 5.73 Å². The molecule has 4 nitrogen and oxygen atoms in total. The fourth-order valence-electron chi connectivity index (χ4n) is 3.71. The first-order valence-corrected chi connectivity index (χ1v) is 7.41. The largest absolute Gasteiger partial charge is 0.319 e. The van der Waals surface area contributed by atoms with Crippen LogP contribution >= 0.6 is 0 Å². The van der Waals surface area contributed by atoms with Crippen molar-refractivity contribution in [1.82, 2.24) is 14.8 Å². The third kappa shape index (κ3) is 1.96. The quantitative estimate of drug-likeness (QED) is 0.875. The fraction of sp³-hybridized carbons (Fsp3) is 0.857. The molecule has 0 aromatic carbocycles. The first-order chi connectivity index (χ1) is 8.71. The monoisotopic (exact) mass is 248 g/mol. The number of aromatic nitrogens is 3. The first kappa shape index (κ1) is 12.2. The van der Waals surface area contributed by atoms with E-state index in [1.165, 1.54) is 44.9 Å². The number of aryl methyl sites for hydroxylation is 1. The summed E-state index contributed by atoms with van der Waals surface area (Å²) in [5.74, 6) is 2.11. The van der Waals surface area contributed by atoms with Crippen LogP contribution in [0, 0.1) is 6.92 Å². The lowest BCUT2D eigenvalue weighted by molar-refractivity contribution is 0.312. The predicted molar refractivity (Wildman–Crippen MR) is 71.2 cm³/mol. The van der Waals surface area contributed by atoms with Gasteiger partial charge in [0.25, 0.3) is 0 Å². The van der Waals surface area contributed by atoms with Gasteiger partial charge in [-0.1, -0.05) is 32.1 Å². The lowest BCUT2D eigenvalue weighted by atomic mass is 9.92. The lowest BCUT2D eigenvalue weighted by Gasteiger charge is -2.30. The zero-order valence-electron chi connectivity index (χ0n) is 11.4. The van der Waals surface area contributed by atoms with Gasteiger partial charge in [-0.15, -0.1) is 10.2 Å². The molecule has 0 radical (unpaired) electrons. The van der Waals surface area contributed by atoms with Gasteiger partial charge in [0, 0.05) is 6.04 Å². The van der Waals surface area contributed by atoms with Crippen LogP contribution in [0.2, 0.25) is 0 Å². The van der Waals surface area contributed by atoms with Crippen molar-refractivity contribution >= 4 is 0 Å². The number of hydrogen-bond acceptors (Lipinski definition) is 3. The van der Waals surface area contributed by atoms with Crippen LogP contribution in [0.15, 0.2) is 0 Å². The highest BCUT2D eigenvalue weighted by Gasteiger charge is 2.37. The summed E-state index contributed by atoms with van der Waals surface area (Å²) in [6, 6.07) is 0.588. The highest BCUT2D eigenvalue weighted by atomic mass is 15.3. The van der Waals surface area contributed by atoms with Gasteiger partial charge < -0.3 is 10.3 Å². The summed E-state index contributed by atoms with van der Waals surface area (Å²) in [5, 5.41) is 8.75. The van der Waals surface area contributed by atoms with E-state index in [0.717, 1.165) is 24.5 Å². The van der Waals surface area contributed by atoms with Gasteiger partial charge in [0.05, 0.1) is 5.54 Å².